The van der Waals surface area contributed by atoms with Crippen LogP contribution >= 0.6 is 22.6 Å². The van der Waals surface area contributed by atoms with Crippen LogP contribution in [0, 0.1) is 9.39 Å². The quantitative estimate of drug-likeness (QED) is 0.275. The molecule has 4 rings (SSSR count). The zero-order valence-corrected chi connectivity index (χ0v) is 18.5. The lowest BCUT2D eigenvalue weighted by Crippen LogP contribution is -2.30. The van der Waals surface area contributed by atoms with Crippen LogP contribution in [0.5, 0.6) is 5.75 Å². The Morgan fingerprint density at radius 3 is 2.39 bits per heavy atom. The maximum Gasteiger partial charge on any atom is 0.329 e. The third-order valence-corrected chi connectivity index (χ3v) is 5.48. The van der Waals surface area contributed by atoms with Gasteiger partial charge in [-0.3, -0.25) is 9.69 Å². The molecule has 0 aromatic heterocycles. The molecule has 7 heteroatoms. The van der Waals surface area contributed by atoms with Gasteiger partial charge < -0.3 is 10.1 Å². The number of nitrogens with zero attached hydrogens (tertiary/aromatic N) is 1. The van der Waals surface area contributed by atoms with Crippen molar-refractivity contribution < 1.29 is 18.7 Å². The van der Waals surface area contributed by atoms with E-state index in [1.54, 1.807) is 48.5 Å². The van der Waals surface area contributed by atoms with E-state index in [2.05, 4.69) is 27.9 Å². The second-order valence-electron chi connectivity index (χ2n) is 6.96. The van der Waals surface area contributed by atoms with Crippen LogP contribution in [0.15, 0.2) is 78.5 Å². The zero-order chi connectivity index (χ0) is 21.8. The summed E-state index contributed by atoms with van der Waals surface area (Å²) in [6.07, 6.45) is 1.59. The molecule has 31 heavy (non-hydrogen) atoms. The fourth-order valence-corrected chi connectivity index (χ4v) is 3.45. The third-order valence-electron chi connectivity index (χ3n) is 4.76. The summed E-state index contributed by atoms with van der Waals surface area (Å²) in [5.74, 6) is -0.252. The van der Waals surface area contributed by atoms with Crippen molar-refractivity contribution in [1.29, 1.82) is 0 Å². The molecule has 1 heterocycles. The van der Waals surface area contributed by atoms with Gasteiger partial charge in [0.1, 0.15) is 23.9 Å². The number of halogens is 2. The Morgan fingerprint density at radius 1 is 0.968 bits per heavy atom. The first kappa shape index (κ1) is 21.0. The van der Waals surface area contributed by atoms with Crippen LogP contribution in [-0.2, 0) is 17.9 Å². The van der Waals surface area contributed by atoms with Gasteiger partial charge in [0, 0.05) is 9.13 Å². The first-order chi connectivity index (χ1) is 15.0. The van der Waals surface area contributed by atoms with Crippen molar-refractivity contribution in [1.82, 2.24) is 10.2 Å². The van der Waals surface area contributed by atoms with Gasteiger partial charge in [-0.1, -0.05) is 42.5 Å². The smallest absolute Gasteiger partial charge is 0.329 e. The van der Waals surface area contributed by atoms with Crippen molar-refractivity contribution >= 4 is 40.6 Å². The fraction of sp³-hybridized carbons (Fsp3) is 0.0833. The van der Waals surface area contributed by atoms with Gasteiger partial charge in [-0.05, 0) is 70.1 Å². The monoisotopic (exact) mass is 528 g/mol. The minimum absolute atomic E-state index is 0.125. The molecule has 0 radical (unpaired) electrons. The number of amides is 3. The van der Waals surface area contributed by atoms with Crippen LogP contribution < -0.4 is 10.1 Å². The largest absolute Gasteiger partial charge is 0.489 e. The standard InChI is InChI=1S/C24H18FIN2O3/c25-21-4-2-1-3-18(21)14-28-23(29)22(27-24(28)30)13-16-7-11-20(12-8-16)31-15-17-5-9-19(26)10-6-17/h1-13H,14-15H2,(H,27,30)/b22-13+. The summed E-state index contributed by atoms with van der Waals surface area (Å²) in [5.41, 5.74) is 2.23. The lowest BCUT2D eigenvalue weighted by molar-refractivity contribution is -0.123. The Labute approximate surface area is 192 Å². The van der Waals surface area contributed by atoms with Crippen molar-refractivity contribution in [2.75, 3.05) is 0 Å². The number of imide groups is 1. The average molecular weight is 528 g/mol. The summed E-state index contributed by atoms with van der Waals surface area (Å²) in [6, 6.07) is 20.8. The highest BCUT2D eigenvalue weighted by Crippen LogP contribution is 2.20. The number of hydrogen-bond donors (Lipinski definition) is 1. The Hall–Kier alpha value is -3.20. The van der Waals surface area contributed by atoms with Crippen LogP contribution in [0.25, 0.3) is 6.08 Å². The van der Waals surface area contributed by atoms with Gasteiger partial charge in [0.15, 0.2) is 0 Å². The summed E-state index contributed by atoms with van der Waals surface area (Å²) < 4.78 is 20.8. The Kier molecular flexibility index (Phi) is 6.31. The van der Waals surface area contributed by atoms with E-state index in [0.717, 1.165) is 16.0 Å². The fourth-order valence-electron chi connectivity index (χ4n) is 3.09. The molecule has 1 fully saturated rings. The number of hydrogen-bond acceptors (Lipinski definition) is 3. The normalized spacial score (nSPS) is 14.8. The molecule has 156 valence electrons. The first-order valence-electron chi connectivity index (χ1n) is 9.55. The van der Waals surface area contributed by atoms with Gasteiger partial charge in [0.2, 0.25) is 0 Å². The molecule has 1 saturated heterocycles. The zero-order valence-electron chi connectivity index (χ0n) is 16.3. The molecule has 1 aliphatic rings. The summed E-state index contributed by atoms with van der Waals surface area (Å²) in [5, 5.41) is 2.55. The van der Waals surface area contributed by atoms with Crippen molar-refractivity contribution in [2.45, 2.75) is 13.2 Å². The van der Waals surface area contributed by atoms with Crippen molar-refractivity contribution in [3.8, 4) is 5.75 Å². The summed E-state index contributed by atoms with van der Waals surface area (Å²) in [6.45, 7) is 0.330. The average Bonchev–Trinajstić information content (AvgIpc) is 3.03. The number of benzene rings is 3. The van der Waals surface area contributed by atoms with Crippen LogP contribution in [0.1, 0.15) is 16.7 Å². The van der Waals surface area contributed by atoms with E-state index >= 15 is 0 Å². The number of nitrogens with one attached hydrogen (secondary N) is 1. The topological polar surface area (TPSA) is 58.6 Å². The van der Waals surface area contributed by atoms with Crippen LogP contribution in [-0.4, -0.2) is 16.8 Å². The van der Waals surface area contributed by atoms with Gasteiger partial charge in [0.25, 0.3) is 5.91 Å². The Morgan fingerprint density at radius 2 is 1.68 bits per heavy atom. The highest BCUT2D eigenvalue weighted by Gasteiger charge is 2.33. The Bertz CT molecular complexity index is 1140. The van der Waals surface area contributed by atoms with Crippen molar-refractivity contribution in [3.05, 3.63) is 105 Å². The number of carbonyl (C=O) groups excluding carboxylic acids is 2. The molecule has 3 aromatic rings. The maximum absolute atomic E-state index is 13.9. The summed E-state index contributed by atoms with van der Waals surface area (Å²) >= 11 is 2.25. The predicted molar refractivity (Wildman–Crippen MR) is 123 cm³/mol. The van der Waals surface area contributed by atoms with E-state index in [4.69, 9.17) is 4.74 Å². The molecule has 3 amide bonds. The molecular formula is C24H18FIN2O3. The van der Waals surface area contributed by atoms with Crippen molar-refractivity contribution in [3.63, 3.8) is 0 Å². The van der Waals surface area contributed by atoms with Gasteiger partial charge >= 0.3 is 6.03 Å². The second-order valence-corrected chi connectivity index (χ2v) is 8.20. The molecule has 0 atom stereocenters. The van der Waals surface area contributed by atoms with Gasteiger partial charge in [-0.25, -0.2) is 9.18 Å². The predicted octanol–water partition coefficient (Wildman–Crippen LogP) is 5.10. The maximum atomic E-state index is 13.9. The lowest BCUT2D eigenvalue weighted by Gasteiger charge is -2.12. The third kappa shape index (κ3) is 5.11. The first-order valence-corrected chi connectivity index (χ1v) is 10.6. The lowest BCUT2D eigenvalue weighted by atomic mass is 10.1. The molecular weight excluding hydrogens is 510 g/mol. The second kappa shape index (κ2) is 9.30. The highest BCUT2D eigenvalue weighted by atomic mass is 127. The van der Waals surface area contributed by atoms with Gasteiger partial charge in [-0.15, -0.1) is 0 Å². The van der Waals surface area contributed by atoms with Gasteiger partial charge in [-0.2, -0.15) is 0 Å². The molecule has 0 aliphatic carbocycles. The molecule has 5 nitrogen and oxygen atoms in total. The highest BCUT2D eigenvalue weighted by molar-refractivity contribution is 14.1. The SMILES string of the molecule is O=C1N/C(=C/c2ccc(OCc3ccc(I)cc3)cc2)C(=O)N1Cc1ccccc1F. The molecule has 1 aliphatic heterocycles. The van der Waals surface area contributed by atoms with E-state index in [0.29, 0.717) is 12.4 Å². The summed E-state index contributed by atoms with van der Waals surface area (Å²) in [7, 11) is 0. The number of carbonyl (C=O) groups is 2. The van der Waals surface area contributed by atoms with Gasteiger partial charge in [0.05, 0.1) is 6.54 Å². The number of ether oxygens (including phenoxy) is 1. The van der Waals surface area contributed by atoms with E-state index < -0.39 is 17.8 Å². The summed E-state index contributed by atoms with van der Waals surface area (Å²) in [4.78, 5) is 25.8. The number of rotatable bonds is 6. The minimum Gasteiger partial charge on any atom is -0.489 e. The molecule has 1 N–H and O–H groups in total. The molecule has 0 unspecified atom stereocenters. The molecule has 3 aromatic carbocycles. The Balaban J connectivity index is 1.41. The van der Waals surface area contributed by atoms with Crippen molar-refractivity contribution in [2.24, 2.45) is 0 Å². The molecule has 0 bridgehead atoms. The van der Waals surface area contributed by atoms with E-state index in [1.807, 2.05) is 24.3 Å². The number of urea groups is 1. The van der Waals surface area contributed by atoms with Crippen LogP contribution in [0.4, 0.5) is 9.18 Å². The van der Waals surface area contributed by atoms with E-state index in [-0.39, 0.29) is 17.8 Å². The molecule has 0 saturated carbocycles. The van der Waals surface area contributed by atoms with Crippen LogP contribution in [0.3, 0.4) is 0 Å². The minimum atomic E-state index is -0.572. The molecule has 0 spiro atoms. The van der Waals surface area contributed by atoms with E-state index in [9.17, 15) is 14.0 Å². The van der Waals surface area contributed by atoms with E-state index in [1.165, 1.54) is 9.64 Å². The van der Waals surface area contributed by atoms with Crippen LogP contribution in [0.2, 0.25) is 0 Å².